The number of rotatable bonds is 5. The predicted molar refractivity (Wildman–Crippen MR) is 82.0 cm³/mol. The van der Waals surface area contributed by atoms with Crippen LogP contribution in [-0.2, 0) is 0 Å². The second-order valence-electron chi connectivity index (χ2n) is 4.32. The van der Waals surface area contributed by atoms with Crippen molar-refractivity contribution in [2.75, 3.05) is 5.32 Å². The van der Waals surface area contributed by atoms with Gasteiger partial charge in [-0.05, 0) is 26.0 Å². The van der Waals surface area contributed by atoms with E-state index in [9.17, 15) is 8.78 Å². The first-order valence-electron chi connectivity index (χ1n) is 5.99. The van der Waals surface area contributed by atoms with Gasteiger partial charge in [-0.3, -0.25) is 0 Å². The molecule has 1 aromatic heterocycles. The lowest BCUT2D eigenvalue weighted by atomic mass is 10.2. The van der Waals surface area contributed by atoms with Crippen LogP contribution in [0.4, 0.5) is 14.5 Å². The molecule has 0 saturated heterocycles. The smallest absolute Gasteiger partial charge is 0.387 e. The van der Waals surface area contributed by atoms with Crippen LogP contribution in [0.5, 0.6) is 5.75 Å². The van der Waals surface area contributed by atoms with E-state index in [1.807, 2.05) is 13.8 Å². The third-order valence-electron chi connectivity index (χ3n) is 2.76. The Labute approximate surface area is 134 Å². The van der Waals surface area contributed by atoms with E-state index in [0.29, 0.717) is 5.69 Å². The summed E-state index contributed by atoms with van der Waals surface area (Å²) < 4.78 is 28.8. The molecule has 0 fully saturated rings. The number of nitrogens with one attached hydrogen (secondary N) is 1. The summed E-state index contributed by atoms with van der Waals surface area (Å²) in [5, 5.41) is 3.26. The number of aryl methyl sites for hydroxylation is 1. The molecule has 0 amide bonds. The van der Waals surface area contributed by atoms with Gasteiger partial charge in [0.15, 0.2) is 5.75 Å². The van der Waals surface area contributed by atoms with Crippen LogP contribution in [0.25, 0.3) is 0 Å². The quantitative estimate of drug-likeness (QED) is 0.767. The van der Waals surface area contributed by atoms with Gasteiger partial charge in [-0.15, -0.1) is 11.3 Å². The van der Waals surface area contributed by atoms with E-state index in [-0.39, 0.29) is 21.8 Å². The topological polar surface area (TPSA) is 34.2 Å². The maximum Gasteiger partial charge on any atom is 0.387 e. The van der Waals surface area contributed by atoms with Crippen molar-refractivity contribution in [3.05, 3.63) is 38.3 Å². The average Bonchev–Trinajstić information content (AvgIpc) is 2.80. The Morgan fingerprint density at radius 1 is 1.29 bits per heavy atom. The molecule has 1 N–H and O–H groups in total. The van der Waals surface area contributed by atoms with Gasteiger partial charge in [-0.1, -0.05) is 23.2 Å². The maximum absolute atomic E-state index is 12.3. The van der Waals surface area contributed by atoms with Crippen molar-refractivity contribution in [1.29, 1.82) is 0 Å². The van der Waals surface area contributed by atoms with Crippen molar-refractivity contribution in [2.24, 2.45) is 0 Å². The van der Waals surface area contributed by atoms with E-state index in [1.54, 1.807) is 5.51 Å². The largest absolute Gasteiger partial charge is 0.432 e. The number of hydrogen-bond acceptors (Lipinski definition) is 4. The third kappa shape index (κ3) is 3.96. The molecule has 114 valence electrons. The molecular weight excluding hydrogens is 341 g/mol. The molecule has 1 unspecified atom stereocenters. The standard InChI is InChI=1S/C13H12Cl2F2N2OS/c1-6-12(21-5-18-6)7(2)19-8-3-9(14)11(10(15)4-8)20-13(16)17/h3-5,7,13,19H,1-2H3. The first-order chi connectivity index (χ1) is 9.88. The number of halogens is 4. The highest BCUT2D eigenvalue weighted by Crippen LogP contribution is 2.38. The van der Waals surface area contributed by atoms with Crippen LogP contribution in [-0.4, -0.2) is 11.6 Å². The van der Waals surface area contributed by atoms with E-state index < -0.39 is 6.61 Å². The van der Waals surface area contributed by atoms with Gasteiger partial charge in [-0.2, -0.15) is 8.78 Å². The highest BCUT2D eigenvalue weighted by atomic mass is 35.5. The molecule has 21 heavy (non-hydrogen) atoms. The van der Waals surface area contributed by atoms with Gasteiger partial charge in [0.05, 0.1) is 27.3 Å². The average molecular weight is 353 g/mol. The molecule has 1 atom stereocenters. The summed E-state index contributed by atoms with van der Waals surface area (Å²) in [6.45, 7) is 0.910. The number of thiazole rings is 1. The molecule has 0 spiro atoms. The lowest BCUT2D eigenvalue weighted by Crippen LogP contribution is -2.07. The minimum Gasteiger partial charge on any atom is -0.432 e. The molecule has 0 aliphatic carbocycles. The number of aromatic nitrogens is 1. The van der Waals surface area contributed by atoms with Crippen molar-refractivity contribution in [2.45, 2.75) is 26.5 Å². The van der Waals surface area contributed by atoms with Gasteiger partial charge in [0.25, 0.3) is 0 Å². The minimum atomic E-state index is -2.97. The van der Waals surface area contributed by atoms with Crippen molar-refractivity contribution in [3.63, 3.8) is 0 Å². The molecule has 2 rings (SSSR count). The zero-order valence-corrected chi connectivity index (χ0v) is 13.5. The van der Waals surface area contributed by atoms with Crippen molar-refractivity contribution in [3.8, 4) is 5.75 Å². The molecule has 2 aromatic rings. The molecule has 0 aliphatic rings. The summed E-state index contributed by atoms with van der Waals surface area (Å²) >= 11 is 13.4. The fourth-order valence-corrected chi connectivity index (χ4v) is 3.27. The van der Waals surface area contributed by atoms with Crippen LogP contribution in [0.15, 0.2) is 17.6 Å². The molecular formula is C13H12Cl2F2N2OS. The van der Waals surface area contributed by atoms with Gasteiger partial charge >= 0.3 is 6.61 Å². The fourth-order valence-electron chi connectivity index (χ4n) is 1.89. The van der Waals surface area contributed by atoms with Gasteiger partial charge < -0.3 is 10.1 Å². The summed E-state index contributed by atoms with van der Waals surface area (Å²) in [4.78, 5) is 5.26. The number of hydrogen-bond donors (Lipinski definition) is 1. The van der Waals surface area contributed by atoms with Crippen LogP contribution in [0.2, 0.25) is 10.0 Å². The van der Waals surface area contributed by atoms with Crippen LogP contribution in [0, 0.1) is 6.92 Å². The Hall–Kier alpha value is -1.11. The lowest BCUT2D eigenvalue weighted by molar-refractivity contribution is -0.0497. The van der Waals surface area contributed by atoms with Crippen molar-refractivity contribution < 1.29 is 13.5 Å². The van der Waals surface area contributed by atoms with E-state index in [0.717, 1.165) is 10.6 Å². The van der Waals surface area contributed by atoms with Crippen LogP contribution in [0.1, 0.15) is 23.5 Å². The second kappa shape index (κ2) is 6.77. The SMILES string of the molecule is Cc1ncsc1C(C)Nc1cc(Cl)c(OC(F)F)c(Cl)c1. The van der Waals surface area contributed by atoms with Crippen LogP contribution >= 0.6 is 34.5 Å². The Balaban J connectivity index is 2.20. The van der Waals surface area contributed by atoms with E-state index in [1.165, 1.54) is 23.5 Å². The zero-order valence-electron chi connectivity index (χ0n) is 11.2. The maximum atomic E-state index is 12.3. The minimum absolute atomic E-state index is 0.00787. The predicted octanol–water partition coefficient (Wildman–Crippen LogP) is 5.53. The molecule has 0 aliphatic heterocycles. The number of nitrogens with zero attached hydrogens (tertiary/aromatic N) is 1. The highest BCUT2D eigenvalue weighted by Gasteiger charge is 2.16. The third-order valence-corrected chi connectivity index (χ3v) is 4.44. The molecule has 0 saturated carbocycles. The number of alkyl halides is 2. The van der Waals surface area contributed by atoms with Gasteiger partial charge in [0, 0.05) is 10.6 Å². The van der Waals surface area contributed by atoms with Gasteiger partial charge in [0.1, 0.15) is 0 Å². The van der Waals surface area contributed by atoms with E-state index in [2.05, 4.69) is 15.0 Å². The molecule has 0 radical (unpaired) electrons. The monoisotopic (exact) mass is 352 g/mol. The fraction of sp³-hybridized carbons (Fsp3) is 0.308. The molecule has 1 heterocycles. The number of benzene rings is 1. The van der Waals surface area contributed by atoms with Crippen molar-refractivity contribution >= 4 is 40.2 Å². The van der Waals surface area contributed by atoms with Gasteiger partial charge in [0.2, 0.25) is 0 Å². The van der Waals surface area contributed by atoms with Crippen LogP contribution < -0.4 is 10.1 Å². The number of ether oxygens (including phenoxy) is 1. The summed E-state index contributed by atoms with van der Waals surface area (Å²) in [5.41, 5.74) is 3.32. The molecule has 1 aromatic carbocycles. The Morgan fingerprint density at radius 3 is 2.38 bits per heavy atom. The van der Waals surface area contributed by atoms with Gasteiger partial charge in [-0.25, -0.2) is 4.98 Å². The Morgan fingerprint density at radius 2 is 1.90 bits per heavy atom. The summed E-state index contributed by atoms with van der Waals surface area (Å²) in [6, 6.07) is 2.99. The molecule has 3 nitrogen and oxygen atoms in total. The first-order valence-corrected chi connectivity index (χ1v) is 7.62. The lowest BCUT2D eigenvalue weighted by Gasteiger charge is -2.16. The zero-order chi connectivity index (χ0) is 15.6. The first kappa shape index (κ1) is 16.3. The summed E-state index contributed by atoms with van der Waals surface area (Å²) in [6.07, 6.45) is 0. The molecule has 8 heteroatoms. The highest BCUT2D eigenvalue weighted by molar-refractivity contribution is 7.09. The summed E-state index contributed by atoms with van der Waals surface area (Å²) in [5.74, 6) is -0.222. The van der Waals surface area contributed by atoms with Crippen molar-refractivity contribution in [1.82, 2.24) is 4.98 Å². The normalized spacial score (nSPS) is 12.5. The molecule has 0 bridgehead atoms. The Bertz CT molecular complexity index is 613. The number of anilines is 1. The second-order valence-corrected chi connectivity index (χ2v) is 6.02. The van der Waals surface area contributed by atoms with E-state index in [4.69, 9.17) is 23.2 Å². The van der Waals surface area contributed by atoms with E-state index >= 15 is 0 Å². The van der Waals surface area contributed by atoms with Crippen LogP contribution in [0.3, 0.4) is 0 Å². The Kier molecular flexibility index (Phi) is 5.24. The summed E-state index contributed by atoms with van der Waals surface area (Å²) in [7, 11) is 0.